The molecule has 0 rings (SSSR count). The van der Waals surface area contributed by atoms with Gasteiger partial charge >= 0.3 is 5.97 Å². The summed E-state index contributed by atoms with van der Waals surface area (Å²) in [5, 5.41) is 16.9. The highest BCUT2D eigenvalue weighted by atomic mass is 35.5. The second kappa shape index (κ2) is 7.30. The first-order valence-corrected chi connectivity index (χ1v) is 3.46. The molecule has 74 valence electrons. The number of rotatable bonds is 5. The molecular formula is C6H15ClN2O3. The van der Waals surface area contributed by atoms with Gasteiger partial charge in [-0.05, 0) is 19.3 Å². The number of carboxylic acids is 1. The smallest absolute Gasteiger partial charge is 0.320 e. The predicted molar refractivity (Wildman–Crippen MR) is 46.9 cm³/mol. The summed E-state index contributed by atoms with van der Waals surface area (Å²) in [6.45, 7) is 0. The third kappa shape index (κ3) is 7.74. The van der Waals surface area contributed by atoms with Gasteiger partial charge in [-0.1, -0.05) is 0 Å². The van der Waals surface area contributed by atoms with E-state index in [1.165, 1.54) is 0 Å². The molecule has 5 nitrogen and oxygen atoms in total. The third-order valence-electron chi connectivity index (χ3n) is 1.33. The fraction of sp³-hybridized carbons (Fsp3) is 0.833. The van der Waals surface area contributed by atoms with Gasteiger partial charge in [0.15, 0.2) is 0 Å². The van der Waals surface area contributed by atoms with Crippen molar-refractivity contribution in [2.45, 2.75) is 31.5 Å². The van der Waals surface area contributed by atoms with Crippen molar-refractivity contribution in [1.29, 1.82) is 0 Å². The Morgan fingerprint density at radius 1 is 1.33 bits per heavy atom. The van der Waals surface area contributed by atoms with Crippen LogP contribution in [0.2, 0.25) is 0 Å². The van der Waals surface area contributed by atoms with Crippen molar-refractivity contribution in [3.8, 4) is 0 Å². The third-order valence-corrected chi connectivity index (χ3v) is 1.33. The van der Waals surface area contributed by atoms with Gasteiger partial charge < -0.3 is 21.7 Å². The molecule has 0 fully saturated rings. The van der Waals surface area contributed by atoms with E-state index in [4.69, 9.17) is 21.7 Å². The van der Waals surface area contributed by atoms with Crippen LogP contribution in [0, 0.1) is 0 Å². The molecule has 0 saturated heterocycles. The molecule has 0 aromatic rings. The molecule has 0 aliphatic carbocycles. The van der Waals surface area contributed by atoms with Crippen LogP contribution in [-0.2, 0) is 4.79 Å². The van der Waals surface area contributed by atoms with Gasteiger partial charge in [-0.25, -0.2) is 0 Å². The number of hydrogen-bond acceptors (Lipinski definition) is 4. The van der Waals surface area contributed by atoms with E-state index in [1.807, 2.05) is 0 Å². The second-order valence-electron chi connectivity index (χ2n) is 2.44. The van der Waals surface area contributed by atoms with E-state index in [0.29, 0.717) is 19.3 Å². The monoisotopic (exact) mass is 198 g/mol. The van der Waals surface area contributed by atoms with Gasteiger partial charge in [0.2, 0.25) is 0 Å². The van der Waals surface area contributed by atoms with E-state index < -0.39 is 18.2 Å². The Bertz CT molecular complexity index is 132. The van der Waals surface area contributed by atoms with Gasteiger partial charge in [0.05, 0.1) is 0 Å². The number of hydrogen-bond donors (Lipinski definition) is 4. The Morgan fingerprint density at radius 3 is 2.17 bits per heavy atom. The fourth-order valence-corrected chi connectivity index (χ4v) is 0.670. The van der Waals surface area contributed by atoms with Crippen LogP contribution in [0.4, 0.5) is 0 Å². The lowest BCUT2D eigenvalue weighted by Crippen LogP contribution is -2.30. The minimum Gasteiger partial charge on any atom is -0.480 e. The van der Waals surface area contributed by atoms with Crippen molar-refractivity contribution in [2.24, 2.45) is 11.5 Å². The number of aliphatic carboxylic acids is 1. The molecule has 12 heavy (non-hydrogen) atoms. The van der Waals surface area contributed by atoms with Gasteiger partial charge in [0, 0.05) is 0 Å². The maximum atomic E-state index is 10.2. The van der Waals surface area contributed by atoms with Crippen LogP contribution in [0.1, 0.15) is 19.3 Å². The van der Waals surface area contributed by atoms with Gasteiger partial charge in [-0.15, -0.1) is 12.4 Å². The Hall–Kier alpha value is -0.360. The summed E-state index contributed by atoms with van der Waals surface area (Å²) >= 11 is 0. The largest absolute Gasteiger partial charge is 0.480 e. The number of aliphatic hydroxyl groups is 1. The molecule has 0 bridgehead atoms. The van der Waals surface area contributed by atoms with E-state index in [2.05, 4.69) is 0 Å². The average Bonchev–Trinajstić information content (AvgIpc) is 1.86. The Morgan fingerprint density at radius 2 is 1.83 bits per heavy atom. The summed E-state index contributed by atoms with van der Waals surface area (Å²) in [7, 11) is 0. The maximum absolute atomic E-state index is 10.2. The van der Waals surface area contributed by atoms with Crippen LogP contribution >= 0.6 is 12.4 Å². The van der Waals surface area contributed by atoms with E-state index in [1.54, 1.807) is 0 Å². The summed E-state index contributed by atoms with van der Waals surface area (Å²) in [6.07, 6.45) is 0.409. The molecule has 2 atom stereocenters. The van der Waals surface area contributed by atoms with Crippen LogP contribution in [0.25, 0.3) is 0 Å². The number of carboxylic acid groups (broad SMARTS) is 1. The number of halogens is 1. The van der Waals surface area contributed by atoms with E-state index >= 15 is 0 Å². The predicted octanol–water partition coefficient (Wildman–Crippen LogP) is -0.733. The molecule has 0 aromatic carbocycles. The molecule has 0 heterocycles. The summed E-state index contributed by atoms with van der Waals surface area (Å²) in [5.41, 5.74) is 10.2. The van der Waals surface area contributed by atoms with Gasteiger partial charge in [0.1, 0.15) is 12.3 Å². The van der Waals surface area contributed by atoms with Gasteiger partial charge in [-0.2, -0.15) is 0 Å². The van der Waals surface area contributed by atoms with Crippen molar-refractivity contribution in [2.75, 3.05) is 0 Å². The molecule has 0 spiro atoms. The zero-order chi connectivity index (χ0) is 8.85. The summed E-state index contributed by atoms with van der Waals surface area (Å²) in [5.74, 6) is -1.02. The van der Waals surface area contributed by atoms with Gasteiger partial charge in [0.25, 0.3) is 0 Å². The molecule has 6 heteroatoms. The topological polar surface area (TPSA) is 110 Å². The van der Waals surface area contributed by atoms with Crippen LogP contribution < -0.4 is 11.5 Å². The highest BCUT2D eigenvalue weighted by Gasteiger charge is 2.10. The zero-order valence-corrected chi connectivity index (χ0v) is 7.46. The van der Waals surface area contributed by atoms with Crippen LogP contribution in [-0.4, -0.2) is 28.5 Å². The molecule has 0 radical (unpaired) electrons. The van der Waals surface area contributed by atoms with Crippen molar-refractivity contribution in [1.82, 2.24) is 0 Å². The van der Waals surface area contributed by atoms with E-state index in [-0.39, 0.29) is 12.4 Å². The van der Waals surface area contributed by atoms with Crippen molar-refractivity contribution < 1.29 is 15.0 Å². The molecule has 0 saturated carbocycles. The Kier molecular flexibility index (Phi) is 8.62. The first-order chi connectivity index (χ1) is 5.04. The minimum atomic E-state index is -1.02. The average molecular weight is 199 g/mol. The summed E-state index contributed by atoms with van der Waals surface area (Å²) in [4.78, 5) is 10.2. The molecule has 0 aliphatic heterocycles. The molecule has 6 N–H and O–H groups in total. The number of aliphatic hydroxyl groups excluding tert-OH is 1. The van der Waals surface area contributed by atoms with Gasteiger partial charge in [-0.3, -0.25) is 4.79 Å². The highest BCUT2D eigenvalue weighted by Crippen LogP contribution is 1.99. The lowest BCUT2D eigenvalue weighted by atomic mass is 10.1. The molecule has 0 amide bonds. The lowest BCUT2D eigenvalue weighted by Gasteiger charge is -2.06. The molecule has 1 unspecified atom stereocenters. The van der Waals surface area contributed by atoms with Crippen molar-refractivity contribution in [3.63, 3.8) is 0 Å². The summed E-state index contributed by atoms with van der Waals surface area (Å²) in [6, 6.07) is -0.839. The van der Waals surface area contributed by atoms with E-state index in [9.17, 15) is 4.79 Å². The van der Waals surface area contributed by atoms with E-state index in [0.717, 1.165) is 0 Å². The quantitative estimate of drug-likeness (QED) is 0.436. The Balaban J connectivity index is 0. The first kappa shape index (κ1) is 14.2. The first-order valence-electron chi connectivity index (χ1n) is 3.46. The SMILES string of the molecule is Cl.NC(O)CCC[C@H](N)C(=O)O. The van der Waals surface area contributed by atoms with Crippen LogP contribution in [0.3, 0.4) is 0 Å². The van der Waals surface area contributed by atoms with Crippen LogP contribution in [0.15, 0.2) is 0 Å². The Labute approximate surface area is 77.1 Å². The van der Waals surface area contributed by atoms with Crippen molar-refractivity contribution in [3.05, 3.63) is 0 Å². The minimum absolute atomic E-state index is 0. The van der Waals surface area contributed by atoms with Crippen molar-refractivity contribution >= 4 is 18.4 Å². The molecular weight excluding hydrogens is 184 g/mol. The second-order valence-corrected chi connectivity index (χ2v) is 2.44. The van der Waals surface area contributed by atoms with Crippen LogP contribution in [0.5, 0.6) is 0 Å². The highest BCUT2D eigenvalue weighted by molar-refractivity contribution is 5.85. The number of carbonyl (C=O) groups is 1. The molecule has 0 aliphatic rings. The zero-order valence-electron chi connectivity index (χ0n) is 6.64. The summed E-state index contributed by atoms with van der Waals surface area (Å²) < 4.78 is 0. The lowest BCUT2D eigenvalue weighted by molar-refractivity contribution is -0.138. The normalized spacial score (nSPS) is 14.6. The fourth-order valence-electron chi connectivity index (χ4n) is 0.670. The maximum Gasteiger partial charge on any atom is 0.320 e. The standard InChI is InChI=1S/C6H14N2O3.ClH/c7-4(6(10)11)2-1-3-5(8)9;/h4-5,9H,1-3,7-8H2,(H,10,11);1H/t4-,5?;/m0./s1. The number of nitrogens with two attached hydrogens (primary N) is 2. The molecule has 0 aromatic heterocycles.